The normalized spacial score (nSPS) is 8.92. The first-order chi connectivity index (χ1) is 5.86. The van der Waals surface area contributed by atoms with Gasteiger partial charge in [0.05, 0.1) is 11.8 Å². The van der Waals surface area contributed by atoms with E-state index in [0.29, 0.717) is 11.3 Å². The number of aldehydes is 1. The highest BCUT2D eigenvalue weighted by Crippen LogP contribution is 2.17. The van der Waals surface area contributed by atoms with Gasteiger partial charge >= 0.3 is 0 Å². The summed E-state index contributed by atoms with van der Waals surface area (Å²) in [4.78, 5) is 11.3. The molecule has 0 bridgehead atoms. The van der Waals surface area contributed by atoms with Crippen LogP contribution in [0, 0.1) is 11.3 Å². The molecule has 3 heteroatoms. The number of nitrogens with zero attached hydrogens (tertiary/aromatic N) is 1. The third-order valence-electron chi connectivity index (χ3n) is 1.30. The average Bonchev–Trinajstić information content (AvgIpc) is 2.15. The number of hydrogen-bond acceptors (Lipinski definition) is 3. The zero-order chi connectivity index (χ0) is 8.81. The van der Waals surface area contributed by atoms with Crippen LogP contribution in [0.3, 0.4) is 0 Å². The van der Waals surface area contributed by atoms with E-state index < -0.39 is 0 Å². The lowest BCUT2D eigenvalue weighted by atomic mass is 10.2. The van der Waals surface area contributed by atoms with E-state index in [1.165, 1.54) is 11.8 Å². The minimum Gasteiger partial charge on any atom is -0.298 e. The fourth-order valence-electron chi connectivity index (χ4n) is 0.793. The van der Waals surface area contributed by atoms with Crippen molar-refractivity contribution in [1.29, 1.82) is 5.26 Å². The molecule has 0 aliphatic heterocycles. The van der Waals surface area contributed by atoms with Gasteiger partial charge in [-0.15, -0.1) is 11.8 Å². The van der Waals surface area contributed by atoms with Gasteiger partial charge in [-0.2, -0.15) is 5.26 Å². The largest absolute Gasteiger partial charge is 0.298 e. The van der Waals surface area contributed by atoms with E-state index in [1.54, 1.807) is 12.1 Å². The quantitative estimate of drug-likeness (QED) is 0.524. The van der Waals surface area contributed by atoms with Gasteiger partial charge in [-0.3, -0.25) is 4.79 Å². The first-order valence-electron chi connectivity index (χ1n) is 3.42. The molecule has 0 unspecified atom stereocenters. The van der Waals surface area contributed by atoms with Gasteiger partial charge < -0.3 is 0 Å². The Balaban J connectivity index is 2.74. The average molecular weight is 177 g/mol. The summed E-state index contributed by atoms with van der Waals surface area (Å²) in [6.07, 6.45) is 0.802. The molecule has 0 fully saturated rings. The Kier molecular flexibility index (Phi) is 3.36. The van der Waals surface area contributed by atoms with Gasteiger partial charge in [-0.25, -0.2) is 0 Å². The van der Waals surface area contributed by atoms with Crippen molar-refractivity contribution in [2.45, 2.75) is 4.90 Å². The van der Waals surface area contributed by atoms with Crippen LogP contribution in [0.4, 0.5) is 0 Å². The number of nitriles is 1. The van der Waals surface area contributed by atoms with Crippen LogP contribution in [-0.4, -0.2) is 12.0 Å². The third kappa shape index (κ3) is 2.40. The SMILES string of the molecule is N#CCSc1cccc(C=O)c1. The van der Waals surface area contributed by atoms with Gasteiger partial charge in [0.15, 0.2) is 0 Å². The van der Waals surface area contributed by atoms with Crippen LogP contribution in [0.1, 0.15) is 10.4 Å². The second-order valence-electron chi connectivity index (χ2n) is 2.14. The molecule has 2 nitrogen and oxygen atoms in total. The summed E-state index contributed by atoms with van der Waals surface area (Å²) < 4.78 is 0. The van der Waals surface area contributed by atoms with Crippen molar-refractivity contribution in [3.8, 4) is 6.07 Å². The van der Waals surface area contributed by atoms with Crippen LogP contribution < -0.4 is 0 Å². The van der Waals surface area contributed by atoms with Crippen molar-refractivity contribution in [3.05, 3.63) is 29.8 Å². The van der Waals surface area contributed by atoms with Gasteiger partial charge in [0.25, 0.3) is 0 Å². The summed E-state index contributed by atoms with van der Waals surface area (Å²) in [5, 5.41) is 8.31. The summed E-state index contributed by atoms with van der Waals surface area (Å²) in [5.41, 5.74) is 0.651. The van der Waals surface area contributed by atoms with Crippen molar-refractivity contribution in [3.63, 3.8) is 0 Å². The first-order valence-corrected chi connectivity index (χ1v) is 4.40. The molecule has 0 spiro atoms. The Morgan fingerprint density at radius 1 is 1.58 bits per heavy atom. The number of hydrogen-bond donors (Lipinski definition) is 0. The van der Waals surface area contributed by atoms with Crippen molar-refractivity contribution >= 4 is 18.0 Å². The van der Waals surface area contributed by atoms with Crippen molar-refractivity contribution in [2.75, 3.05) is 5.75 Å². The predicted molar refractivity (Wildman–Crippen MR) is 48.2 cm³/mol. The summed E-state index contributed by atoms with van der Waals surface area (Å²) in [7, 11) is 0. The molecular formula is C9H7NOS. The second kappa shape index (κ2) is 4.58. The first kappa shape index (κ1) is 8.82. The Morgan fingerprint density at radius 3 is 3.08 bits per heavy atom. The molecule has 0 aromatic heterocycles. The monoisotopic (exact) mass is 177 g/mol. The minimum absolute atomic E-state index is 0.419. The van der Waals surface area contributed by atoms with Crippen LogP contribution in [0.15, 0.2) is 29.2 Å². The summed E-state index contributed by atoms with van der Waals surface area (Å²) in [6, 6.07) is 9.23. The molecule has 1 rings (SSSR count). The fourth-order valence-corrected chi connectivity index (χ4v) is 1.42. The molecular weight excluding hydrogens is 170 g/mol. The third-order valence-corrected chi connectivity index (χ3v) is 2.16. The Labute approximate surface area is 75.2 Å². The van der Waals surface area contributed by atoms with Gasteiger partial charge in [0.2, 0.25) is 0 Å². The highest BCUT2D eigenvalue weighted by Gasteiger charge is 1.94. The zero-order valence-electron chi connectivity index (χ0n) is 6.36. The van der Waals surface area contributed by atoms with E-state index in [9.17, 15) is 4.79 Å². The number of benzene rings is 1. The van der Waals surface area contributed by atoms with Gasteiger partial charge in [0, 0.05) is 10.5 Å². The molecule has 0 aliphatic carbocycles. The Hall–Kier alpha value is -1.27. The number of carbonyl (C=O) groups is 1. The van der Waals surface area contributed by atoms with Gasteiger partial charge in [0.1, 0.15) is 6.29 Å². The number of rotatable bonds is 3. The molecule has 1 aromatic carbocycles. The number of thioether (sulfide) groups is 1. The second-order valence-corrected chi connectivity index (χ2v) is 3.19. The lowest BCUT2D eigenvalue weighted by Gasteiger charge is -1.96. The maximum absolute atomic E-state index is 10.4. The summed E-state index contributed by atoms with van der Waals surface area (Å²) in [5.74, 6) is 0.419. The van der Waals surface area contributed by atoms with Crippen LogP contribution in [0.5, 0.6) is 0 Å². The van der Waals surface area contributed by atoms with Crippen molar-refractivity contribution in [2.24, 2.45) is 0 Å². The van der Waals surface area contributed by atoms with Gasteiger partial charge in [-0.1, -0.05) is 12.1 Å². The topological polar surface area (TPSA) is 40.9 Å². The Morgan fingerprint density at radius 2 is 2.42 bits per heavy atom. The molecule has 1 aromatic rings. The van der Waals surface area contributed by atoms with E-state index in [0.717, 1.165) is 11.2 Å². The molecule has 0 atom stereocenters. The maximum atomic E-state index is 10.4. The molecule has 60 valence electrons. The minimum atomic E-state index is 0.419. The highest BCUT2D eigenvalue weighted by molar-refractivity contribution is 7.99. The van der Waals surface area contributed by atoms with Crippen LogP contribution in [-0.2, 0) is 0 Å². The van der Waals surface area contributed by atoms with E-state index in [-0.39, 0.29) is 0 Å². The molecule has 0 N–H and O–H groups in total. The van der Waals surface area contributed by atoms with Crippen molar-refractivity contribution < 1.29 is 4.79 Å². The van der Waals surface area contributed by atoms with E-state index in [1.807, 2.05) is 18.2 Å². The maximum Gasteiger partial charge on any atom is 0.150 e. The van der Waals surface area contributed by atoms with E-state index >= 15 is 0 Å². The molecule has 0 radical (unpaired) electrons. The summed E-state index contributed by atoms with van der Waals surface area (Å²) in [6.45, 7) is 0. The molecule has 0 heterocycles. The highest BCUT2D eigenvalue weighted by atomic mass is 32.2. The standard InChI is InChI=1S/C9H7NOS/c10-4-5-12-9-3-1-2-8(6-9)7-11/h1-3,6-7H,5H2. The number of carbonyl (C=O) groups excluding carboxylic acids is 1. The molecule has 0 saturated heterocycles. The Bertz CT molecular complexity index is 317. The molecule has 0 saturated carbocycles. The molecule has 0 amide bonds. The molecule has 0 aliphatic rings. The van der Waals surface area contributed by atoms with E-state index in [2.05, 4.69) is 0 Å². The predicted octanol–water partition coefficient (Wildman–Crippen LogP) is 2.11. The van der Waals surface area contributed by atoms with Gasteiger partial charge in [-0.05, 0) is 12.1 Å². The molecule has 12 heavy (non-hydrogen) atoms. The fraction of sp³-hybridized carbons (Fsp3) is 0.111. The lowest BCUT2D eigenvalue weighted by Crippen LogP contribution is -1.80. The van der Waals surface area contributed by atoms with Crippen LogP contribution in [0.25, 0.3) is 0 Å². The van der Waals surface area contributed by atoms with Crippen LogP contribution in [0.2, 0.25) is 0 Å². The summed E-state index contributed by atoms with van der Waals surface area (Å²) >= 11 is 1.43. The van der Waals surface area contributed by atoms with Crippen molar-refractivity contribution in [1.82, 2.24) is 0 Å². The van der Waals surface area contributed by atoms with E-state index in [4.69, 9.17) is 5.26 Å². The zero-order valence-corrected chi connectivity index (χ0v) is 7.17. The lowest BCUT2D eigenvalue weighted by molar-refractivity contribution is 0.112. The smallest absolute Gasteiger partial charge is 0.150 e. The van der Waals surface area contributed by atoms with Crippen LogP contribution >= 0.6 is 11.8 Å².